The molecule has 1 aromatic heterocycles. The SMILES string of the molecule is COc1ccc(C(=O)N2CCC(N3CC[C@H](Cc4ccc(Cl)c(Cl)c4)C(CO)C3)CC2)c2ccc(C(F)(F)F)nc12. The van der Waals surface area contributed by atoms with E-state index in [1.807, 2.05) is 18.2 Å². The van der Waals surface area contributed by atoms with Gasteiger partial charge in [0.1, 0.15) is 17.0 Å². The number of aliphatic hydroxyl groups excluding tert-OH is 1. The highest BCUT2D eigenvalue weighted by Gasteiger charge is 2.36. The van der Waals surface area contributed by atoms with Crippen LogP contribution in [0.3, 0.4) is 0 Å². The van der Waals surface area contributed by atoms with Crippen LogP contribution in [0, 0.1) is 11.8 Å². The molecule has 2 aliphatic heterocycles. The molecule has 1 N–H and O–H groups in total. The minimum Gasteiger partial charge on any atom is -0.494 e. The van der Waals surface area contributed by atoms with Gasteiger partial charge in [-0.15, -0.1) is 0 Å². The van der Waals surface area contributed by atoms with E-state index in [4.69, 9.17) is 27.9 Å². The predicted molar refractivity (Wildman–Crippen MR) is 153 cm³/mol. The highest BCUT2D eigenvalue weighted by Crippen LogP contribution is 2.35. The van der Waals surface area contributed by atoms with Crippen molar-refractivity contribution in [2.24, 2.45) is 11.8 Å². The minimum atomic E-state index is -4.60. The lowest BCUT2D eigenvalue weighted by Gasteiger charge is -2.44. The Labute approximate surface area is 247 Å². The lowest BCUT2D eigenvalue weighted by atomic mass is 9.80. The zero-order valence-corrected chi connectivity index (χ0v) is 24.1. The monoisotopic (exact) mass is 609 g/mol. The first-order valence-electron chi connectivity index (χ1n) is 13.7. The molecule has 6 nitrogen and oxygen atoms in total. The topological polar surface area (TPSA) is 65.9 Å². The molecule has 1 amide bonds. The third-order valence-corrected chi connectivity index (χ3v) is 9.21. The van der Waals surface area contributed by atoms with Crippen LogP contribution < -0.4 is 4.74 Å². The zero-order valence-electron chi connectivity index (χ0n) is 22.6. The molecule has 0 bridgehead atoms. The second kappa shape index (κ2) is 12.3. The fourth-order valence-electron chi connectivity index (χ4n) is 6.19. The molecule has 3 heterocycles. The summed E-state index contributed by atoms with van der Waals surface area (Å²) in [5.41, 5.74) is 0.403. The number of aromatic nitrogens is 1. The van der Waals surface area contributed by atoms with Crippen LogP contribution in [0.5, 0.6) is 5.75 Å². The van der Waals surface area contributed by atoms with E-state index in [1.165, 1.54) is 19.2 Å². The molecule has 2 saturated heterocycles. The Hall–Kier alpha value is -2.59. The number of carbonyl (C=O) groups is 1. The number of nitrogens with zero attached hydrogens (tertiary/aromatic N) is 3. The number of fused-ring (bicyclic) bond motifs is 1. The van der Waals surface area contributed by atoms with Crippen LogP contribution in [-0.2, 0) is 12.6 Å². The van der Waals surface area contributed by atoms with E-state index in [9.17, 15) is 23.1 Å². The molecule has 2 atom stereocenters. The van der Waals surface area contributed by atoms with Crippen molar-refractivity contribution in [3.63, 3.8) is 0 Å². The zero-order chi connectivity index (χ0) is 29.3. The molecular formula is C30H32Cl2F3N3O3. The van der Waals surface area contributed by atoms with Crippen LogP contribution in [0.15, 0.2) is 42.5 Å². The first-order chi connectivity index (χ1) is 19.6. The minimum absolute atomic E-state index is 0.0156. The molecule has 3 aromatic rings. The Kier molecular flexibility index (Phi) is 8.99. The summed E-state index contributed by atoms with van der Waals surface area (Å²) in [6.07, 6.45) is -1.25. The first kappa shape index (κ1) is 29.9. The van der Waals surface area contributed by atoms with Gasteiger partial charge in [-0.3, -0.25) is 9.69 Å². The van der Waals surface area contributed by atoms with Gasteiger partial charge in [0, 0.05) is 43.2 Å². The normalized spacial score (nSPS) is 20.9. The van der Waals surface area contributed by atoms with Gasteiger partial charge in [0.25, 0.3) is 5.91 Å². The van der Waals surface area contributed by atoms with E-state index in [0.29, 0.717) is 46.0 Å². The van der Waals surface area contributed by atoms with E-state index < -0.39 is 11.9 Å². The van der Waals surface area contributed by atoms with Gasteiger partial charge in [0.2, 0.25) is 0 Å². The van der Waals surface area contributed by atoms with Crippen molar-refractivity contribution in [3.8, 4) is 5.75 Å². The summed E-state index contributed by atoms with van der Waals surface area (Å²) < 4.78 is 45.1. The molecule has 0 spiro atoms. The van der Waals surface area contributed by atoms with Gasteiger partial charge in [0.15, 0.2) is 0 Å². The van der Waals surface area contributed by atoms with E-state index in [0.717, 1.165) is 50.4 Å². The summed E-state index contributed by atoms with van der Waals surface area (Å²) >= 11 is 12.3. The number of likely N-dealkylation sites (tertiary alicyclic amines) is 2. The molecule has 11 heteroatoms. The number of methoxy groups -OCH3 is 1. The number of amides is 1. The summed E-state index contributed by atoms with van der Waals surface area (Å²) in [6, 6.07) is 11.3. The number of hydrogen-bond donors (Lipinski definition) is 1. The number of halogens is 5. The molecule has 1 unspecified atom stereocenters. The Balaban J connectivity index is 1.23. The lowest BCUT2D eigenvalue weighted by molar-refractivity contribution is -0.140. The largest absolute Gasteiger partial charge is 0.494 e. The number of rotatable bonds is 6. The van der Waals surface area contributed by atoms with Gasteiger partial charge in [-0.1, -0.05) is 29.3 Å². The number of benzene rings is 2. The number of aliphatic hydroxyl groups is 1. The second-order valence-electron chi connectivity index (χ2n) is 10.9. The summed E-state index contributed by atoms with van der Waals surface area (Å²) in [4.78, 5) is 21.5. The molecular weight excluding hydrogens is 578 g/mol. The second-order valence-corrected chi connectivity index (χ2v) is 11.7. The van der Waals surface area contributed by atoms with Crippen molar-refractivity contribution in [2.45, 2.75) is 37.9 Å². The quantitative estimate of drug-likeness (QED) is 0.353. The molecule has 0 aliphatic carbocycles. The highest BCUT2D eigenvalue weighted by molar-refractivity contribution is 6.42. The summed E-state index contributed by atoms with van der Waals surface area (Å²) in [6.45, 7) is 2.89. The lowest BCUT2D eigenvalue weighted by Crippen LogP contribution is -2.52. The number of alkyl halides is 3. The summed E-state index contributed by atoms with van der Waals surface area (Å²) in [5.74, 6) is 0.427. The Morgan fingerprint density at radius 1 is 1.02 bits per heavy atom. The van der Waals surface area contributed by atoms with Crippen LogP contribution >= 0.6 is 23.2 Å². The number of hydrogen-bond acceptors (Lipinski definition) is 5. The fraction of sp³-hybridized carbons (Fsp3) is 0.467. The molecule has 2 aliphatic rings. The van der Waals surface area contributed by atoms with Crippen molar-refractivity contribution in [1.29, 1.82) is 0 Å². The van der Waals surface area contributed by atoms with Gasteiger partial charge >= 0.3 is 6.18 Å². The Morgan fingerprint density at radius 2 is 1.78 bits per heavy atom. The van der Waals surface area contributed by atoms with Gasteiger partial charge in [-0.2, -0.15) is 13.2 Å². The number of piperidine rings is 2. The van der Waals surface area contributed by atoms with E-state index in [-0.39, 0.29) is 29.7 Å². The molecule has 2 aromatic carbocycles. The summed E-state index contributed by atoms with van der Waals surface area (Å²) in [7, 11) is 1.36. The van der Waals surface area contributed by atoms with Gasteiger partial charge in [0.05, 0.1) is 17.2 Å². The molecule has 0 radical (unpaired) electrons. The number of carbonyl (C=O) groups excluding carboxylic acids is 1. The maximum absolute atomic E-state index is 13.5. The molecule has 220 valence electrons. The number of ether oxygens (including phenoxy) is 1. The van der Waals surface area contributed by atoms with Crippen molar-refractivity contribution < 1.29 is 27.8 Å². The van der Waals surface area contributed by atoms with Crippen molar-refractivity contribution in [1.82, 2.24) is 14.8 Å². The van der Waals surface area contributed by atoms with Gasteiger partial charge in [-0.05, 0) is 86.0 Å². The van der Waals surface area contributed by atoms with Gasteiger partial charge < -0.3 is 14.7 Å². The van der Waals surface area contributed by atoms with Crippen molar-refractivity contribution in [3.05, 3.63) is 69.3 Å². The maximum Gasteiger partial charge on any atom is 0.433 e. The summed E-state index contributed by atoms with van der Waals surface area (Å²) in [5, 5.41) is 11.6. The van der Waals surface area contributed by atoms with Gasteiger partial charge in [-0.25, -0.2) is 4.98 Å². The molecule has 5 rings (SSSR count). The highest BCUT2D eigenvalue weighted by atomic mass is 35.5. The Bertz CT molecular complexity index is 1410. The maximum atomic E-state index is 13.5. The van der Waals surface area contributed by atoms with E-state index in [2.05, 4.69) is 9.88 Å². The fourth-order valence-corrected chi connectivity index (χ4v) is 6.51. The molecule has 41 heavy (non-hydrogen) atoms. The van der Waals surface area contributed by atoms with E-state index in [1.54, 1.807) is 11.0 Å². The Morgan fingerprint density at radius 3 is 2.44 bits per heavy atom. The van der Waals surface area contributed by atoms with E-state index >= 15 is 0 Å². The predicted octanol–water partition coefficient (Wildman–Crippen LogP) is 6.35. The third kappa shape index (κ3) is 6.43. The average Bonchev–Trinajstić information content (AvgIpc) is 2.97. The standard InChI is InChI=1S/C30H32Cl2F3N3O3/c1-41-26-6-3-23(22-4-7-27(30(33,34)35)36-28(22)26)29(40)37-12-9-21(10-13-37)38-11-8-19(20(16-38)17-39)14-18-2-5-24(31)25(32)15-18/h2-7,15,19-21,39H,8-14,16-17H2,1H3/t19-,20?/m1/s1. The van der Waals surface area contributed by atoms with Crippen LogP contribution in [0.1, 0.15) is 40.9 Å². The van der Waals surface area contributed by atoms with Crippen molar-refractivity contribution in [2.75, 3.05) is 39.9 Å². The first-order valence-corrected chi connectivity index (χ1v) is 14.5. The van der Waals surface area contributed by atoms with Crippen LogP contribution in [0.2, 0.25) is 10.0 Å². The smallest absolute Gasteiger partial charge is 0.433 e. The molecule has 0 saturated carbocycles. The van der Waals surface area contributed by atoms with Crippen LogP contribution in [-0.4, -0.2) is 71.7 Å². The average molecular weight is 611 g/mol. The third-order valence-electron chi connectivity index (χ3n) is 8.47. The van der Waals surface area contributed by atoms with Crippen molar-refractivity contribution >= 4 is 40.0 Å². The number of pyridine rings is 1. The van der Waals surface area contributed by atoms with Crippen LogP contribution in [0.4, 0.5) is 13.2 Å². The van der Waals surface area contributed by atoms with Crippen LogP contribution in [0.25, 0.3) is 10.9 Å². The molecule has 2 fully saturated rings.